The highest BCUT2D eigenvalue weighted by molar-refractivity contribution is 9.12. The van der Waals surface area contributed by atoms with Gasteiger partial charge in [-0.25, -0.2) is 0 Å². The van der Waals surface area contributed by atoms with Crippen LogP contribution in [0.1, 0.15) is 5.56 Å². The van der Waals surface area contributed by atoms with Crippen LogP contribution in [-0.4, -0.2) is 35.7 Å². The number of methoxy groups -OCH3 is 1. The third-order valence-corrected chi connectivity index (χ3v) is 4.13. The van der Waals surface area contributed by atoms with Crippen LogP contribution >= 0.6 is 27.7 Å². The molecule has 1 aromatic rings. The van der Waals surface area contributed by atoms with Crippen LogP contribution in [0, 0.1) is 0 Å². The van der Waals surface area contributed by atoms with Gasteiger partial charge < -0.3 is 4.74 Å². The van der Waals surface area contributed by atoms with Gasteiger partial charge in [-0.1, -0.05) is 46.3 Å². The standard InChI is InChI=1S/C15H12BrNO4S/c1-21-13(18)9-17-14(19)12(22-15(17)20)8-11(16)7-10-5-3-2-4-6-10/h2-8H,9H2,1H3/b11-7-,12-8-. The maximum absolute atomic E-state index is 12.1. The molecule has 0 bridgehead atoms. The van der Waals surface area contributed by atoms with E-state index in [0.717, 1.165) is 22.2 Å². The van der Waals surface area contributed by atoms with Crippen molar-refractivity contribution in [2.75, 3.05) is 13.7 Å². The molecule has 2 amide bonds. The van der Waals surface area contributed by atoms with Gasteiger partial charge in [-0.3, -0.25) is 19.3 Å². The first-order chi connectivity index (χ1) is 10.5. The van der Waals surface area contributed by atoms with Gasteiger partial charge in [-0.15, -0.1) is 0 Å². The van der Waals surface area contributed by atoms with Crippen molar-refractivity contribution < 1.29 is 19.1 Å². The van der Waals surface area contributed by atoms with Gasteiger partial charge >= 0.3 is 5.97 Å². The predicted molar refractivity (Wildman–Crippen MR) is 88.1 cm³/mol. The Morgan fingerprint density at radius 2 is 2.00 bits per heavy atom. The molecule has 1 aliphatic rings. The van der Waals surface area contributed by atoms with Crippen molar-refractivity contribution in [1.82, 2.24) is 4.90 Å². The number of benzene rings is 1. The van der Waals surface area contributed by atoms with E-state index >= 15 is 0 Å². The van der Waals surface area contributed by atoms with E-state index in [4.69, 9.17) is 0 Å². The van der Waals surface area contributed by atoms with E-state index in [-0.39, 0.29) is 11.4 Å². The number of nitrogens with zero attached hydrogens (tertiary/aromatic N) is 1. The van der Waals surface area contributed by atoms with Crippen LogP contribution < -0.4 is 0 Å². The Morgan fingerprint density at radius 3 is 2.64 bits per heavy atom. The molecule has 0 aromatic heterocycles. The zero-order valence-corrected chi connectivity index (χ0v) is 14.0. The average Bonchev–Trinajstić information content (AvgIpc) is 2.75. The Hall–Kier alpha value is -1.86. The van der Waals surface area contributed by atoms with Crippen molar-refractivity contribution in [3.63, 3.8) is 0 Å². The van der Waals surface area contributed by atoms with E-state index in [0.29, 0.717) is 4.48 Å². The minimum absolute atomic E-state index is 0.257. The molecular formula is C15H12BrNO4S. The summed E-state index contributed by atoms with van der Waals surface area (Å²) in [7, 11) is 1.20. The van der Waals surface area contributed by atoms with Gasteiger partial charge in [0.15, 0.2) is 0 Å². The Kier molecular flexibility index (Phi) is 5.57. The van der Waals surface area contributed by atoms with Crippen LogP contribution in [0.5, 0.6) is 0 Å². The first kappa shape index (κ1) is 16.5. The van der Waals surface area contributed by atoms with Crippen molar-refractivity contribution in [1.29, 1.82) is 0 Å². The number of amides is 2. The summed E-state index contributed by atoms with van der Waals surface area (Å²) in [4.78, 5) is 36.2. The fourth-order valence-electron chi connectivity index (χ4n) is 1.71. The van der Waals surface area contributed by atoms with E-state index in [9.17, 15) is 14.4 Å². The number of hydrogen-bond donors (Lipinski definition) is 0. The van der Waals surface area contributed by atoms with Crippen molar-refractivity contribution >= 4 is 50.9 Å². The number of carbonyl (C=O) groups is 3. The molecule has 0 N–H and O–H groups in total. The minimum atomic E-state index is -0.637. The first-order valence-electron chi connectivity index (χ1n) is 6.25. The van der Waals surface area contributed by atoms with E-state index < -0.39 is 17.1 Å². The van der Waals surface area contributed by atoms with Gasteiger partial charge in [0.25, 0.3) is 11.1 Å². The number of ether oxygens (including phenoxy) is 1. The summed E-state index contributed by atoms with van der Waals surface area (Å²) in [5, 5.41) is -0.485. The molecule has 7 heteroatoms. The van der Waals surface area contributed by atoms with Crippen molar-refractivity contribution in [2.24, 2.45) is 0 Å². The van der Waals surface area contributed by atoms with Crippen LogP contribution in [0.25, 0.3) is 6.08 Å². The quantitative estimate of drug-likeness (QED) is 0.591. The number of imide groups is 1. The molecule has 0 saturated carbocycles. The Balaban J connectivity index is 2.16. The number of hydrogen-bond acceptors (Lipinski definition) is 5. The molecule has 1 saturated heterocycles. The number of esters is 1. The zero-order valence-electron chi connectivity index (χ0n) is 11.6. The molecule has 1 fully saturated rings. The molecule has 5 nitrogen and oxygen atoms in total. The fourth-order valence-corrected chi connectivity index (χ4v) is 3.18. The van der Waals surface area contributed by atoms with Gasteiger partial charge in [0.2, 0.25) is 0 Å². The Bertz CT molecular complexity index is 669. The summed E-state index contributed by atoms with van der Waals surface area (Å²) >= 11 is 4.15. The Labute approximate surface area is 140 Å². The van der Waals surface area contributed by atoms with Crippen molar-refractivity contribution in [3.05, 3.63) is 51.4 Å². The largest absolute Gasteiger partial charge is 0.468 e. The lowest BCUT2D eigenvalue weighted by molar-refractivity contribution is -0.143. The SMILES string of the molecule is COC(=O)CN1C(=O)S/C(=C\C(Br)=C\c2ccccc2)C1=O. The lowest BCUT2D eigenvalue weighted by Crippen LogP contribution is -2.34. The van der Waals surface area contributed by atoms with Gasteiger partial charge in [0.05, 0.1) is 12.0 Å². The molecular weight excluding hydrogens is 370 g/mol. The van der Waals surface area contributed by atoms with Gasteiger partial charge in [0.1, 0.15) is 6.54 Å². The van der Waals surface area contributed by atoms with E-state index in [2.05, 4.69) is 20.7 Å². The summed E-state index contributed by atoms with van der Waals surface area (Å²) in [6, 6.07) is 9.53. The summed E-state index contributed by atoms with van der Waals surface area (Å²) in [6.07, 6.45) is 3.39. The summed E-state index contributed by atoms with van der Waals surface area (Å²) in [5.74, 6) is -1.14. The van der Waals surface area contributed by atoms with Crippen molar-refractivity contribution in [3.8, 4) is 0 Å². The van der Waals surface area contributed by atoms with Crippen LogP contribution in [0.15, 0.2) is 45.8 Å². The maximum atomic E-state index is 12.1. The molecule has 0 unspecified atom stereocenters. The molecule has 0 aliphatic carbocycles. The molecule has 22 heavy (non-hydrogen) atoms. The second-order valence-corrected chi connectivity index (χ2v) is 6.19. The van der Waals surface area contributed by atoms with E-state index in [1.165, 1.54) is 7.11 Å². The van der Waals surface area contributed by atoms with Crippen LogP contribution in [-0.2, 0) is 14.3 Å². The maximum Gasteiger partial charge on any atom is 0.325 e. The molecule has 0 spiro atoms. The topological polar surface area (TPSA) is 63.7 Å². The van der Waals surface area contributed by atoms with Crippen LogP contribution in [0.3, 0.4) is 0 Å². The molecule has 0 radical (unpaired) electrons. The highest BCUT2D eigenvalue weighted by atomic mass is 79.9. The molecule has 1 aromatic carbocycles. The van der Waals surface area contributed by atoms with Crippen molar-refractivity contribution in [2.45, 2.75) is 0 Å². The van der Waals surface area contributed by atoms with E-state index in [1.54, 1.807) is 6.08 Å². The summed E-state index contributed by atoms with van der Waals surface area (Å²) in [5.41, 5.74) is 0.958. The molecule has 1 aliphatic heterocycles. The smallest absolute Gasteiger partial charge is 0.325 e. The van der Waals surface area contributed by atoms with Gasteiger partial charge in [-0.05, 0) is 29.5 Å². The highest BCUT2D eigenvalue weighted by Crippen LogP contribution is 2.32. The summed E-state index contributed by atoms with van der Waals surface area (Å²) in [6.45, 7) is -0.376. The highest BCUT2D eigenvalue weighted by Gasteiger charge is 2.36. The van der Waals surface area contributed by atoms with Crippen LogP contribution in [0.4, 0.5) is 4.79 Å². The third kappa shape index (κ3) is 4.08. The predicted octanol–water partition coefficient (Wildman–Crippen LogP) is 3.17. The van der Waals surface area contributed by atoms with Gasteiger partial charge in [-0.2, -0.15) is 0 Å². The number of rotatable bonds is 4. The summed E-state index contributed by atoms with van der Waals surface area (Å²) < 4.78 is 5.12. The molecule has 1 heterocycles. The Morgan fingerprint density at radius 1 is 1.32 bits per heavy atom. The number of halogens is 1. The third-order valence-electron chi connectivity index (χ3n) is 2.76. The first-order valence-corrected chi connectivity index (χ1v) is 7.86. The molecule has 0 atom stereocenters. The number of allylic oxidation sites excluding steroid dienone is 2. The van der Waals surface area contributed by atoms with Crippen LogP contribution in [0.2, 0.25) is 0 Å². The minimum Gasteiger partial charge on any atom is -0.468 e. The lowest BCUT2D eigenvalue weighted by Gasteiger charge is -2.09. The zero-order chi connectivity index (χ0) is 16.1. The van der Waals surface area contributed by atoms with E-state index in [1.807, 2.05) is 36.4 Å². The molecule has 2 rings (SSSR count). The lowest BCUT2D eigenvalue weighted by atomic mass is 10.2. The van der Waals surface area contributed by atoms with Gasteiger partial charge in [0, 0.05) is 4.48 Å². The average molecular weight is 382 g/mol. The number of carbonyl (C=O) groups excluding carboxylic acids is 3. The second-order valence-electron chi connectivity index (χ2n) is 4.28. The normalized spacial score (nSPS) is 17.3. The number of thioether (sulfide) groups is 1. The molecule has 114 valence electrons. The second kappa shape index (κ2) is 7.42. The monoisotopic (exact) mass is 381 g/mol. The fraction of sp³-hybridized carbons (Fsp3) is 0.133.